The van der Waals surface area contributed by atoms with E-state index in [1.54, 1.807) is 0 Å². The molecule has 6 nitrogen and oxygen atoms in total. The van der Waals surface area contributed by atoms with E-state index in [1.807, 2.05) is 0 Å². The molecule has 138 valence electrons. The lowest BCUT2D eigenvalue weighted by atomic mass is 10.3. The molecule has 0 atom stereocenters. The predicted octanol–water partition coefficient (Wildman–Crippen LogP) is 3.09. The number of hydrogen-bond acceptors (Lipinski definition) is 4. The average molecular weight is 375 g/mol. The van der Waals surface area contributed by atoms with Gasteiger partial charge in [-0.2, -0.15) is 0 Å². The maximum Gasteiger partial charge on any atom is 0.357 e. The number of halogens is 3. The molecule has 3 aromatic rings. The number of ether oxygens (including phenoxy) is 1. The minimum Gasteiger partial charge on any atom is -0.451 e. The number of carbonyl (C=O) groups excluding carboxylic acids is 2. The van der Waals surface area contributed by atoms with Crippen molar-refractivity contribution < 1.29 is 27.5 Å². The van der Waals surface area contributed by atoms with Crippen LogP contribution < -0.4 is 5.32 Å². The van der Waals surface area contributed by atoms with Gasteiger partial charge in [-0.3, -0.25) is 9.36 Å². The first-order valence-corrected chi connectivity index (χ1v) is 7.64. The largest absolute Gasteiger partial charge is 0.451 e. The van der Waals surface area contributed by atoms with E-state index >= 15 is 0 Å². The monoisotopic (exact) mass is 375 g/mol. The van der Waals surface area contributed by atoms with Crippen molar-refractivity contribution >= 4 is 17.6 Å². The highest BCUT2D eigenvalue weighted by molar-refractivity contribution is 5.95. The Kier molecular flexibility index (Phi) is 5.20. The van der Waals surface area contributed by atoms with Gasteiger partial charge < -0.3 is 10.1 Å². The highest BCUT2D eigenvalue weighted by Crippen LogP contribution is 2.14. The molecule has 1 aromatic heterocycles. The highest BCUT2D eigenvalue weighted by Gasteiger charge is 2.16. The third-order valence-electron chi connectivity index (χ3n) is 3.49. The van der Waals surface area contributed by atoms with Gasteiger partial charge in [-0.25, -0.2) is 22.9 Å². The van der Waals surface area contributed by atoms with Crippen LogP contribution in [-0.4, -0.2) is 28.0 Å². The molecule has 0 radical (unpaired) electrons. The van der Waals surface area contributed by atoms with Crippen molar-refractivity contribution in [3.8, 4) is 5.69 Å². The predicted molar refractivity (Wildman–Crippen MR) is 88.8 cm³/mol. The summed E-state index contributed by atoms with van der Waals surface area (Å²) in [6.07, 6.45) is 2.57. The summed E-state index contributed by atoms with van der Waals surface area (Å²) in [6.45, 7) is -0.646. The summed E-state index contributed by atoms with van der Waals surface area (Å²) in [6, 6.07) is 8.17. The van der Waals surface area contributed by atoms with E-state index in [9.17, 15) is 22.8 Å². The number of amides is 1. The molecule has 0 saturated carbocycles. The van der Waals surface area contributed by atoms with Crippen LogP contribution >= 0.6 is 0 Å². The van der Waals surface area contributed by atoms with Gasteiger partial charge in [0.2, 0.25) is 0 Å². The van der Waals surface area contributed by atoms with Gasteiger partial charge in [-0.1, -0.05) is 0 Å². The second kappa shape index (κ2) is 7.73. The van der Waals surface area contributed by atoms with Gasteiger partial charge in [0.15, 0.2) is 23.9 Å². The lowest BCUT2D eigenvalue weighted by molar-refractivity contribution is -0.119. The summed E-state index contributed by atoms with van der Waals surface area (Å²) in [7, 11) is 0. The number of benzene rings is 2. The van der Waals surface area contributed by atoms with Crippen LogP contribution in [0.2, 0.25) is 0 Å². The van der Waals surface area contributed by atoms with E-state index in [4.69, 9.17) is 4.74 Å². The smallest absolute Gasteiger partial charge is 0.357 e. The topological polar surface area (TPSA) is 73.2 Å². The quantitative estimate of drug-likeness (QED) is 0.696. The SMILES string of the molecule is O=C(COC(=O)c1cncn1-c1ccc(F)cc1)Nc1ccc(F)c(F)c1. The molecular formula is C18H12F3N3O3. The van der Waals surface area contributed by atoms with E-state index in [0.717, 1.165) is 12.1 Å². The Morgan fingerprint density at radius 3 is 2.48 bits per heavy atom. The van der Waals surface area contributed by atoms with Gasteiger partial charge in [-0.15, -0.1) is 0 Å². The third-order valence-corrected chi connectivity index (χ3v) is 3.49. The van der Waals surface area contributed by atoms with Crippen molar-refractivity contribution in [2.45, 2.75) is 0 Å². The lowest BCUT2D eigenvalue weighted by Gasteiger charge is -2.09. The van der Waals surface area contributed by atoms with E-state index in [2.05, 4.69) is 10.3 Å². The molecule has 1 N–H and O–H groups in total. The summed E-state index contributed by atoms with van der Waals surface area (Å²) in [5.41, 5.74) is 0.528. The van der Waals surface area contributed by atoms with Crippen LogP contribution in [0, 0.1) is 17.5 Å². The Labute approximate surface area is 151 Å². The third kappa shape index (κ3) is 4.32. The molecule has 1 amide bonds. The number of hydrogen-bond donors (Lipinski definition) is 1. The molecule has 1 heterocycles. The van der Waals surface area contributed by atoms with Gasteiger partial charge in [0.1, 0.15) is 5.82 Å². The first-order chi connectivity index (χ1) is 12.9. The minimum atomic E-state index is -1.12. The number of imidazole rings is 1. The molecule has 3 rings (SSSR count). The average Bonchev–Trinajstić information content (AvgIpc) is 3.13. The van der Waals surface area contributed by atoms with Crippen molar-refractivity contribution in [2.75, 3.05) is 11.9 Å². The van der Waals surface area contributed by atoms with Gasteiger partial charge in [-0.05, 0) is 36.4 Å². The van der Waals surface area contributed by atoms with Gasteiger partial charge >= 0.3 is 5.97 Å². The number of anilines is 1. The van der Waals surface area contributed by atoms with E-state index < -0.39 is 35.9 Å². The molecule has 0 fully saturated rings. The zero-order chi connectivity index (χ0) is 19.4. The van der Waals surface area contributed by atoms with Crippen LogP contribution in [0.5, 0.6) is 0 Å². The van der Waals surface area contributed by atoms with E-state index in [0.29, 0.717) is 5.69 Å². The Morgan fingerprint density at radius 1 is 1.04 bits per heavy atom. The normalized spacial score (nSPS) is 10.5. The fourth-order valence-electron chi connectivity index (χ4n) is 2.23. The zero-order valence-electron chi connectivity index (χ0n) is 13.7. The van der Waals surface area contributed by atoms with Crippen molar-refractivity contribution in [3.05, 3.63) is 78.1 Å². The Hall–Kier alpha value is -3.62. The fraction of sp³-hybridized carbons (Fsp3) is 0.0556. The van der Waals surface area contributed by atoms with Crippen LogP contribution in [0.4, 0.5) is 18.9 Å². The van der Waals surface area contributed by atoms with Crippen molar-refractivity contribution in [1.82, 2.24) is 9.55 Å². The molecule has 0 aliphatic rings. The van der Waals surface area contributed by atoms with Gasteiger partial charge in [0, 0.05) is 17.4 Å². The number of nitrogens with one attached hydrogen (secondary N) is 1. The maximum atomic E-state index is 13.1. The maximum absolute atomic E-state index is 13.1. The van der Waals surface area contributed by atoms with Crippen LogP contribution in [0.1, 0.15) is 10.5 Å². The van der Waals surface area contributed by atoms with Gasteiger partial charge in [0.05, 0.1) is 12.5 Å². The minimum absolute atomic E-state index is 0.0197. The summed E-state index contributed by atoms with van der Waals surface area (Å²) >= 11 is 0. The second-order valence-corrected chi connectivity index (χ2v) is 5.38. The van der Waals surface area contributed by atoms with Crippen LogP contribution in [0.15, 0.2) is 55.0 Å². The Balaban J connectivity index is 1.63. The first-order valence-electron chi connectivity index (χ1n) is 7.64. The molecule has 0 unspecified atom stereocenters. The number of aromatic nitrogens is 2. The molecule has 0 aliphatic carbocycles. The number of rotatable bonds is 5. The Bertz CT molecular complexity index is 987. The molecule has 0 aliphatic heterocycles. The lowest BCUT2D eigenvalue weighted by Crippen LogP contribution is -2.22. The number of carbonyl (C=O) groups is 2. The van der Waals surface area contributed by atoms with Crippen LogP contribution in [0.25, 0.3) is 5.69 Å². The standard InChI is InChI=1S/C18H12F3N3O3/c19-11-1-4-13(5-2-11)24-10-22-8-16(24)18(26)27-9-17(25)23-12-3-6-14(20)15(21)7-12/h1-8,10H,9H2,(H,23,25). The molecule has 2 aromatic carbocycles. The summed E-state index contributed by atoms with van der Waals surface area (Å²) in [4.78, 5) is 27.8. The van der Waals surface area contributed by atoms with Crippen LogP contribution in [-0.2, 0) is 9.53 Å². The molecule has 9 heteroatoms. The molecule has 0 saturated heterocycles. The highest BCUT2D eigenvalue weighted by atomic mass is 19.2. The van der Waals surface area contributed by atoms with Crippen molar-refractivity contribution in [3.63, 3.8) is 0 Å². The van der Waals surface area contributed by atoms with Crippen LogP contribution in [0.3, 0.4) is 0 Å². The number of esters is 1. The Morgan fingerprint density at radius 2 is 1.78 bits per heavy atom. The van der Waals surface area contributed by atoms with Gasteiger partial charge in [0.25, 0.3) is 5.91 Å². The zero-order valence-corrected chi connectivity index (χ0v) is 13.7. The fourth-order valence-corrected chi connectivity index (χ4v) is 2.23. The summed E-state index contributed by atoms with van der Waals surface area (Å²) in [5.74, 6) is -4.17. The van der Waals surface area contributed by atoms with E-state index in [-0.39, 0.29) is 11.4 Å². The molecule has 0 spiro atoms. The molecule has 0 bridgehead atoms. The first kappa shape index (κ1) is 18.2. The second-order valence-electron chi connectivity index (χ2n) is 5.38. The summed E-state index contributed by atoms with van der Waals surface area (Å²) in [5, 5.41) is 2.28. The molecular weight excluding hydrogens is 363 g/mol. The van der Waals surface area contributed by atoms with Crippen molar-refractivity contribution in [2.24, 2.45) is 0 Å². The molecule has 27 heavy (non-hydrogen) atoms. The van der Waals surface area contributed by atoms with Crippen molar-refractivity contribution in [1.29, 1.82) is 0 Å². The van der Waals surface area contributed by atoms with E-state index in [1.165, 1.54) is 47.4 Å². The number of nitrogens with zero attached hydrogens (tertiary/aromatic N) is 2. The summed E-state index contributed by atoms with van der Waals surface area (Å²) < 4.78 is 45.3.